The van der Waals surface area contributed by atoms with Gasteiger partial charge in [0.05, 0.1) is 24.0 Å². The van der Waals surface area contributed by atoms with Gasteiger partial charge in [-0.05, 0) is 33.0 Å². The quantitative estimate of drug-likeness (QED) is 0.692. The number of para-hydroxylation sites is 1. The summed E-state index contributed by atoms with van der Waals surface area (Å²) in [4.78, 5) is 28.9. The maximum atomic E-state index is 13.0. The van der Waals surface area contributed by atoms with Crippen LogP contribution in [-0.4, -0.2) is 52.7 Å². The average Bonchev–Trinajstić information content (AvgIpc) is 3.07. The van der Waals surface area contributed by atoms with Crippen LogP contribution in [-0.2, 0) is 17.9 Å². The molecule has 0 spiro atoms. The summed E-state index contributed by atoms with van der Waals surface area (Å²) in [5.41, 5.74) is 2.88. The van der Waals surface area contributed by atoms with Gasteiger partial charge in [-0.2, -0.15) is 5.10 Å². The van der Waals surface area contributed by atoms with Gasteiger partial charge in [-0.3, -0.25) is 25.0 Å². The number of hydrogen-bond acceptors (Lipinski definition) is 6. The van der Waals surface area contributed by atoms with E-state index in [1.165, 1.54) is 4.90 Å². The molecule has 3 atom stereocenters. The largest absolute Gasteiger partial charge is 0.330 e. The van der Waals surface area contributed by atoms with Gasteiger partial charge in [0, 0.05) is 30.9 Å². The van der Waals surface area contributed by atoms with E-state index < -0.39 is 12.2 Å². The molecule has 9 nitrogen and oxygen atoms in total. The summed E-state index contributed by atoms with van der Waals surface area (Å²) < 4.78 is 1.97. The molecule has 1 aromatic heterocycles. The van der Waals surface area contributed by atoms with Crippen molar-refractivity contribution in [2.45, 2.75) is 39.4 Å². The summed E-state index contributed by atoms with van der Waals surface area (Å²) in [6, 6.07) is 8.60. The highest BCUT2D eigenvalue weighted by molar-refractivity contribution is 6.17. The first kappa shape index (κ1) is 19.6. The van der Waals surface area contributed by atoms with Crippen LogP contribution in [0.5, 0.6) is 0 Å². The summed E-state index contributed by atoms with van der Waals surface area (Å²) in [5.74, 6) is -0.576. The lowest BCUT2D eigenvalue weighted by atomic mass is 9.99. The lowest BCUT2D eigenvalue weighted by molar-refractivity contribution is -0.125. The van der Waals surface area contributed by atoms with Crippen LogP contribution >= 0.6 is 0 Å². The fourth-order valence-electron chi connectivity index (χ4n) is 3.96. The van der Waals surface area contributed by atoms with Crippen molar-refractivity contribution < 1.29 is 9.59 Å². The lowest BCUT2D eigenvalue weighted by Gasteiger charge is -2.45. The number of urea groups is 1. The number of nitrogens with one attached hydrogen (secondary N) is 3. The molecule has 0 radical (unpaired) electrons. The maximum Gasteiger partial charge on any atom is 0.330 e. The zero-order valence-corrected chi connectivity index (χ0v) is 16.9. The van der Waals surface area contributed by atoms with Crippen LogP contribution in [0.15, 0.2) is 36.5 Å². The summed E-state index contributed by atoms with van der Waals surface area (Å²) >= 11 is 0. The number of amides is 3. The molecule has 3 amide bonds. The Balaban J connectivity index is 1.43. The molecule has 0 saturated carbocycles. The Bertz CT molecular complexity index is 897. The highest BCUT2D eigenvalue weighted by Gasteiger charge is 2.45. The minimum atomic E-state index is -0.414. The van der Waals surface area contributed by atoms with Crippen LogP contribution in [0.4, 0.5) is 10.5 Å². The molecule has 3 unspecified atom stereocenters. The van der Waals surface area contributed by atoms with Gasteiger partial charge in [0.15, 0.2) is 0 Å². The van der Waals surface area contributed by atoms with Crippen LogP contribution < -0.4 is 20.9 Å². The van der Waals surface area contributed by atoms with Crippen molar-refractivity contribution in [2.75, 3.05) is 18.5 Å². The number of aromatic nitrogens is 2. The molecule has 2 aromatic rings. The number of carbonyl (C=O) groups is 2. The van der Waals surface area contributed by atoms with Crippen LogP contribution in [0.2, 0.25) is 0 Å². The molecule has 29 heavy (non-hydrogen) atoms. The Morgan fingerprint density at radius 3 is 2.69 bits per heavy atom. The van der Waals surface area contributed by atoms with Crippen molar-refractivity contribution in [2.24, 2.45) is 5.92 Å². The predicted molar refractivity (Wildman–Crippen MR) is 109 cm³/mol. The van der Waals surface area contributed by atoms with Gasteiger partial charge in [0.2, 0.25) is 5.91 Å². The van der Waals surface area contributed by atoms with E-state index in [-0.39, 0.29) is 18.1 Å². The van der Waals surface area contributed by atoms with Crippen LogP contribution in [0, 0.1) is 12.8 Å². The van der Waals surface area contributed by atoms with Gasteiger partial charge < -0.3 is 5.32 Å². The Kier molecular flexibility index (Phi) is 5.35. The highest BCUT2D eigenvalue weighted by atomic mass is 16.2. The third kappa shape index (κ3) is 3.64. The fraction of sp³-hybridized carbons (Fsp3) is 0.450. The summed E-state index contributed by atoms with van der Waals surface area (Å²) in [6.07, 6.45) is 1.31. The van der Waals surface area contributed by atoms with E-state index in [4.69, 9.17) is 0 Å². The number of carbonyl (C=O) groups excluding carboxylic acids is 2. The van der Waals surface area contributed by atoms with Gasteiger partial charge >= 0.3 is 6.03 Å². The van der Waals surface area contributed by atoms with Crippen molar-refractivity contribution in [1.82, 2.24) is 30.6 Å². The predicted octanol–water partition coefficient (Wildman–Crippen LogP) is 0.818. The standard InChI is InChI=1S/C20H27N7O2/c1-4-26-13(2)14(10-22-26)12-25(3)19-21-11-16-17(23-19)24-20(29)27(18(16)28)15-8-6-5-7-9-15/h5-10,16-17,19,21,23H,4,11-12H2,1-3H3,(H,24,29). The van der Waals surface area contributed by atoms with E-state index in [1.54, 1.807) is 12.1 Å². The van der Waals surface area contributed by atoms with Crippen LogP contribution in [0.25, 0.3) is 0 Å². The summed E-state index contributed by atoms with van der Waals surface area (Å²) in [6.45, 7) is 6.15. The summed E-state index contributed by atoms with van der Waals surface area (Å²) in [5, 5.41) is 14.1. The highest BCUT2D eigenvalue weighted by Crippen LogP contribution is 2.23. The third-order valence-electron chi connectivity index (χ3n) is 5.67. The molecular formula is C20H27N7O2. The Hall–Kier alpha value is -2.75. The van der Waals surface area contributed by atoms with E-state index in [1.807, 2.05) is 36.1 Å². The molecule has 2 saturated heterocycles. The first-order valence-electron chi connectivity index (χ1n) is 9.90. The van der Waals surface area contributed by atoms with Crippen molar-refractivity contribution >= 4 is 17.6 Å². The van der Waals surface area contributed by atoms with E-state index in [0.717, 1.165) is 17.8 Å². The van der Waals surface area contributed by atoms with Crippen molar-refractivity contribution in [3.05, 3.63) is 47.8 Å². The smallest absolute Gasteiger partial charge is 0.321 e. The molecule has 2 aliphatic heterocycles. The van der Waals surface area contributed by atoms with Gasteiger partial charge in [0.1, 0.15) is 6.29 Å². The zero-order valence-electron chi connectivity index (χ0n) is 16.9. The molecule has 3 heterocycles. The Morgan fingerprint density at radius 1 is 1.24 bits per heavy atom. The minimum Gasteiger partial charge on any atom is -0.321 e. The third-order valence-corrected chi connectivity index (χ3v) is 5.67. The number of imide groups is 1. The molecule has 1 aromatic carbocycles. The van der Waals surface area contributed by atoms with Crippen LogP contribution in [0.1, 0.15) is 18.2 Å². The van der Waals surface area contributed by atoms with E-state index in [9.17, 15) is 9.59 Å². The van der Waals surface area contributed by atoms with Gasteiger partial charge in [-0.1, -0.05) is 18.2 Å². The maximum absolute atomic E-state index is 13.0. The molecule has 2 fully saturated rings. The molecular weight excluding hydrogens is 370 g/mol. The van der Waals surface area contributed by atoms with Crippen molar-refractivity contribution in [3.8, 4) is 0 Å². The molecule has 9 heteroatoms. The van der Waals surface area contributed by atoms with Crippen molar-refractivity contribution in [3.63, 3.8) is 0 Å². The topological polar surface area (TPSA) is 94.5 Å². The molecule has 0 aliphatic carbocycles. The van der Waals surface area contributed by atoms with Gasteiger partial charge in [-0.25, -0.2) is 9.69 Å². The van der Waals surface area contributed by atoms with E-state index in [2.05, 4.69) is 39.8 Å². The number of nitrogens with zero attached hydrogens (tertiary/aromatic N) is 4. The first-order chi connectivity index (χ1) is 14.0. The molecule has 3 N–H and O–H groups in total. The minimum absolute atomic E-state index is 0.169. The fourth-order valence-corrected chi connectivity index (χ4v) is 3.96. The summed E-state index contributed by atoms with van der Waals surface area (Å²) in [7, 11) is 2.00. The number of fused-ring (bicyclic) bond motifs is 1. The first-order valence-corrected chi connectivity index (χ1v) is 9.90. The number of hydrogen-bond donors (Lipinski definition) is 3. The second-order valence-electron chi connectivity index (χ2n) is 7.51. The molecule has 4 rings (SSSR count). The molecule has 154 valence electrons. The van der Waals surface area contributed by atoms with E-state index >= 15 is 0 Å². The number of rotatable bonds is 5. The second-order valence-corrected chi connectivity index (χ2v) is 7.51. The number of benzene rings is 1. The van der Waals surface area contributed by atoms with Crippen molar-refractivity contribution in [1.29, 1.82) is 0 Å². The monoisotopic (exact) mass is 397 g/mol. The van der Waals surface area contributed by atoms with E-state index in [0.29, 0.717) is 18.8 Å². The van der Waals surface area contributed by atoms with Gasteiger partial charge in [0.25, 0.3) is 0 Å². The van der Waals surface area contributed by atoms with Gasteiger partial charge in [-0.15, -0.1) is 0 Å². The molecule has 0 bridgehead atoms. The van der Waals surface area contributed by atoms with Crippen LogP contribution in [0.3, 0.4) is 0 Å². The number of aryl methyl sites for hydroxylation is 1. The SMILES string of the molecule is CCn1ncc(CN(C)C2NCC3C(=O)N(c4ccccc4)C(=O)NC3N2)c1C. The second kappa shape index (κ2) is 7.94. The average molecular weight is 397 g/mol. The molecule has 2 aliphatic rings. The lowest BCUT2D eigenvalue weighted by Crippen LogP contribution is -2.74. The Labute approximate surface area is 170 Å². The zero-order chi connectivity index (χ0) is 20.5. The number of anilines is 1. The Morgan fingerprint density at radius 2 is 2.00 bits per heavy atom. The normalized spacial score (nSPS) is 24.6.